The lowest BCUT2D eigenvalue weighted by atomic mass is 10.1. The van der Waals surface area contributed by atoms with Crippen molar-refractivity contribution in [3.8, 4) is 23.1 Å². The van der Waals surface area contributed by atoms with E-state index in [1.165, 1.54) is 6.07 Å². The zero-order chi connectivity index (χ0) is 17.2. The standard InChI is InChI=1S/C21H13FN2O/c22-18-10-4-5-12-21(18)25-24-19-11-6-9-16(14-23)17(19)13-20(24)15-7-2-1-3-8-15/h1-13H. The molecule has 4 rings (SSSR count). The Labute approximate surface area is 144 Å². The van der Waals surface area contributed by atoms with Crippen molar-refractivity contribution in [1.82, 2.24) is 4.73 Å². The van der Waals surface area contributed by atoms with Gasteiger partial charge >= 0.3 is 0 Å². The van der Waals surface area contributed by atoms with Crippen LogP contribution in [0.3, 0.4) is 0 Å². The Kier molecular flexibility index (Phi) is 3.68. The molecule has 0 spiro atoms. The van der Waals surface area contributed by atoms with E-state index in [9.17, 15) is 9.65 Å². The summed E-state index contributed by atoms with van der Waals surface area (Å²) in [6.45, 7) is 0. The first-order valence-electron chi connectivity index (χ1n) is 7.81. The molecule has 3 nitrogen and oxygen atoms in total. The van der Waals surface area contributed by atoms with Crippen LogP contribution < -0.4 is 4.84 Å². The molecule has 4 heteroatoms. The highest BCUT2D eigenvalue weighted by Crippen LogP contribution is 2.31. The molecule has 0 unspecified atom stereocenters. The van der Waals surface area contributed by atoms with Gasteiger partial charge in [-0.3, -0.25) is 0 Å². The van der Waals surface area contributed by atoms with E-state index in [1.54, 1.807) is 35.1 Å². The predicted octanol–water partition coefficient (Wildman–Crippen LogP) is 5.16. The summed E-state index contributed by atoms with van der Waals surface area (Å²) in [6, 6.07) is 25.4. The second-order valence-corrected chi connectivity index (χ2v) is 5.56. The molecule has 0 atom stereocenters. The maximum Gasteiger partial charge on any atom is 0.191 e. The molecule has 1 aromatic heterocycles. The van der Waals surface area contributed by atoms with Crippen LogP contribution in [-0.4, -0.2) is 4.73 Å². The van der Waals surface area contributed by atoms with E-state index >= 15 is 0 Å². The number of nitriles is 1. The monoisotopic (exact) mass is 328 g/mol. The van der Waals surface area contributed by atoms with Gasteiger partial charge in [0, 0.05) is 10.9 Å². The van der Waals surface area contributed by atoms with Crippen molar-refractivity contribution in [1.29, 1.82) is 5.26 Å². The van der Waals surface area contributed by atoms with Gasteiger partial charge in [0.15, 0.2) is 11.6 Å². The van der Waals surface area contributed by atoms with Gasteiger partial charge in [-0.25, -0.2) is 4.39 Å². The van der Waals surface area contributed by atoms with Crippen LogP contribution in [0, 0.1) is 17.1 Å². The number of fused-ring (bicyclic) bond motifs is 1. The molecular formula is C21H13FN2O. The van der Waals surface area contributed by atoms with E-state index < -0.39 is 5.82 Å². The number of hydrogen-bond donors (Lipinski definition) is 0. The molecule has 0 amide bonds. The van der Waals surface area contributed by atoms with E-state index in [-0.39, 0.29) is 5.75 Å². The second kappa shape index (κ2) is 6.14. The lowest BCUT2D eigenvalue weighted by Gasteiger charge is -2.12. The summed E-state index contributed by atoms with van der Waals surface area (Å²) >= 11 is 0. The molecule has 0 bridgehead atoms. The van der Waals surface area contributed by atoms with Gasteiger partial charge in [0.1, 0.15) is 0 Å². The average Bonchev–Trinajstić information content (AvgIpc) is 3.03. The number of nitrogens with zero attached hydrogens (tertiary/aromatic N) is 2. The van der Waals surface area contributed by atoms with E-state index in [1.807, 2.05) is 42.5 Å². The van der Waals surface area contributed by atoms with Crippen LogP contribution in [0.15, 0.2) is 78.9 Å². The number of para-hydroxylation sites is 1. The molecule has 3 aromatic carbocycles. The van der Waals surface area contributed by atoms with Crippen molar-refractivity contribution in [2.75, 3.05) is 0 Å². The summed E-state index contributed by atoms with van der Waals surface area (Å²) in [5, 5.41) is 10.1. The van der Waals surface area contributed by atoms with E-state index in [2.05, 4.69) is 6.07 Å². The molecule has 0 aliphatic heterocycles. The fourth-order valence-corrected chi connectivity index (χ4v) is 2.83. The lowest BCUT2D eigenvalue weighted by Crippen LogP contribution is -2.07. The fraction of sp³-hybridized carbons (Fsp3) is 0. The van der Waals surface area contributed by atoms with Gasteiger partial charge in [-0.2, -0.15) is 9.99 Å². The quantitative estimate of drug-likeness (QED) is 0.521. The van der Waals surface area contributed by atoms with Crippen LogP contribution in [0.2, 0.25) is 0 Å². The first kappa shape index (κ1) is 15.0. The predicted molar refractivity (Wildman–Crippen MR) is 94.5 cm³/mol. The average molecular weight is 328 g/mol. The Morgan fingerprint density at radius 3 is 2.40 bits per heavy atom. The van der Waals surface area contributed by atoms with Crippen molar-refractivity contribution in [2.45, 2.75) is 0 Å². The summed E-state index contributed by atoms with van der Waals surface area (Å²) in [5.41, 5.74) is 2.92. The fourth-order valence-electron chi connectivity index (χ4n) is 2.83. The lowest BCUT2D eigenvalue weighted by molar-refractivity contribution is 0.222. The maximum atomic E-state index is 14.1. The van der Waals surface area contributed by atoms with Crippen molar-refractivity contribution in [3.63, 3.8) is 0 Å². The second-order valence-electron chi connectivity index (χ2n) is 5.56. The number of rotatable bonds is 3. The Balaban J connectivity index is 1.97. The van der Waals surface area contributed by atoms with E-state index in [0.717, 1.165) is 16.6 Å². The number of benzene rings is 3. The van der Waals surface area contributed by atoms with Crippen LogP contribution in [0.4, 0.5) is 4.39 Å². The summed E-state index contributed by atoms with van der Waals surface area (Å²) in [7, 11) is 0. The van der Waals surface area contributed by atoms with Crippen molar-refractivity contribution >= 4 is 10.9 Å². The van der Waals surface area contributed by atoms with Gasteiger partial charge in [0.2, 0.25) is 0 Å². The topological polar surface area (TPSA) is 38.0 Å². The third-order valence-electron chi connectivity index (χ3n) is 4.02. The molecule has 0 saturated heterocycles. The molecule has 0 fully saturated rings. The van der Waals surface area contributed by atoms with Crippen LogP contribution in [-0.2, 0) is 0 Å². The molecule has 4 aromatic rings. The highest BCUT2D eigenvalue weighted by molar-refractivity contribution is 5.91. The maximum absolute atomic E-state index is 14.1. The van der Waals surface area contributed by atoms with Crippen molar-refractivity contribution in [3.05, 3.63) is 90.2 Å². The molecule has 0 aliphatic rings. The van der Waals surface area contributed by atoms with Gasteiger partial charge in [-0.1, -0.05) is 48.5 Å². The minimum Gasteiger partial charge on any atom is -0.372 e. The van der Waals surface area contributed by atoms with Crippen LogP contribution in [0.5, 0.6) is 5.75 Å². The molecule has 0 aliphatic carbocycles. The Morgan fingerprint density at radius 2 is 1.64 bits per heavy atom. The van der Waals surface area contributed by atoms with Gasteiger partial charge in [0.05, 0.1) is 22.8 Å². The molecule has 1 heterocycles. The minimum atomic E-state index is -0.445. The summed E-state index contributed by atoms with van der Waals surface area (Å²) in [6.07, 6.45) is 0. The van der Waals surface area contributed by atoms with Crippen molar-refractivity contribution < 1.29 is 9.23 Å². The van der Waals surface area contributed by atoms with Crippen LogP contribution in [0.1, 0.15) is 5.56 Å². The highest BCUT2D eigenvalue weighted by Gasteiger charge is 2.16. The molecule has 0 radical (unpaired) electrons. The summed E-state index contributed by atoms with van der Waals surface area (Å²) in [5.74, 6) is -0.320. The van der Waals surface area contributed by atoms with Gasteiger partial charge in [-0.05, 0) is 30.3 Å². The summed E-state index contributed by atoms with van der Waals surface area (Å²) in [4.78, 5) is 5.88. The van der Waals surface area contributed by atoms with Gasteiger partial charge in [0.25, 0.3) is 0 Å². The molecule has 25 heavy (non-hydrogen) atoms. The Bertz CT molecular complexity index is 1090. The highest BCUT2D eigenvalue weighted by atomic mass is 19.1. The zero-order valence-electron chi connectivity index (χ0n) is 13.2. The molecule has 0 saturated carbocycles. The number of halogens is 1. The van der Waals surface area contributed by atoms with Crippen LogP contribution >= 0.6 is 0 Å². The van der Waals surface area contributed by atoms with E-state index in [0.29, 0.717) is 11.1 Å². The third-order valence-corrected chi connectivity index (χ3v) is 4.02. The minimum absolute atomic E-state index is 0.125. The van der Waals surface area contributed by atoms with E-state index in [4.69, 9.17) is 4.84 Å². The van der Waals surface area contributed by atoms with Gasteiger partial charge in [-0.15, -0.1) is 0 Å². The normalized spacial score (nSPS) is 10.6. The SMILES string of the molecule is N#Cc1cccc2c1cc(-c1ccccc1)n2Oc1ccccc1F. The number of hydrogen-bond acceptors (Lipinski definition) is 2. The first-order valence-corrected chi connectivity index (χ1v) is 7.81. The van der Waals surface area contributed by atoms with Crippen molar-refractivity contribution in [2.24, 2.45) is 0 Å². The molecular weight excluding hydrogens is 315 g/mol. The largest absolute Gasteiger partial charge is 0.372 e. The zero-order valence-corrected chi connectivity index (χ0v) is 13.2. The van der Waals surface area contributed by atoms with Gasteiger partial charge < -0.3 is 4.84 Å². The molecule has 0 N–H and O–H groups in total. The smallest absolute Gasteiger partial charge is 0.191 e. The summed E-state index contributed by atoms with van der Waals surface area (Å²) < 4.78 is 15.6. The Morgan fingerprint density at radius 1 is 0.880 bits per heavy atom. The van der Waals surface area contributed by atoms with Crippen LogP contribution in [0.25, 0.3) is 22.2 Å². The number of aromatic nitrogens is 1. The molecule has 120 valence electrons. The third kappa shape index (κ3) is 2.62. The Hall–Kier alpha value is -3.58. The first-order chi connectivity index (χ1) is 12.3.